The van der Waals surface area contributed by atoms with Gasteiger partial charge < -0.3 is 9.47 Å². The largest absolute Gasteiger partial charge is 0.377 e. The summed E-state index contributed by atoms with van der Waals surface area (Å²) in [6.45, 7) is 10.9. The molecular formula is C12H23N3O2. The first-order valence-corrected chi connectivity index (χ1v) is 6.19. The minimum atomic E-state index is 0.266. The molecule has 5 heteroatoms. The molecule has 0 radical (unpaired) electrons. The van der Waals surface area contributed by atoms with Gasteiger partial charge in [-0.05, 0) is 19.8 Å². The molecule has 0 aromatic carbocycles. The van der Waals surface area contributed by atoms with Crippen LogP contribution in [-0.4, -0.2) is 40.9 Å². The van der Waals surface area contributed by atoms with Crippen LogP contribution < -0.4 is 0 Å². The summed E-state index contributed by atoms with van der Waals surface area (Å²) in [7, 11) is 0. The molecule has 1 aromatic rings. The second-order valence-corrected chi connectivity index (χ2v) is 4.59. The predicted molar refractivity (Wildman–Crippen MR) is 66.0 cm³/mol. The van der Waals surface area contributed by atoms with Gasteiger partial charge in [0.15, 0.2) is 0 Å². The van der Waals surface area contributed by atoms with Crippen molar-refractivity contribution in [1.29, 1.82) is 0 Å². The van der Waals surface area contributed by atoms with Crippen molar-refractivity contribution in [3.05, 3.63) is 11.9 Å². The number of aromatic nitrogens is 3. The lowest BCUT2D eigenvalue weighted by Gasteiger charge is -2.07. The molecule has 0 saturated heterocycles. The molecule has 0 aliphatic carbocycles. The first kappa shape index (κ1) is 14.1. The summed E-state index contributed by atoms with van der Waals surface area (Å²) >= 11 is 0. The molecular weight excluding hydrogens is 218 g/mol. The van der Waals surface area contributed by atoms with Crippen LogP contribution in [0.15, 0.2) is 6.20 Å². The van der Waals surface area contributed by atoms with Crippen LogP contribution in [0, 0.1) is 0 Å². The highest BCUT2D eigenvalue weighted by atomic mass is 16.5. The third-order valence-electron chi connectivity index (χ3n) is 2.29. The zero-order valence-corrected chi connectivity index (χ0v) is 11.2. The van der Waals surface area contributed by atoms with E-state index in [0.717, 1.165) is 12.2 Å². The Labute approximate surface area is 103 Å². The molecule has 0 bridgehead atoms. The summed E-state index contributed by atoms with van der Waals surface area (Å²) in [5.74, 6) is 0.420. The Bertz CT molecular complexity index is 310. The molecule has 0 fully saturated rings. The van der Waals surface area contributed by atoms with E-state index in [1.54, 1.807) is 0 Å². The fourth-order valence-corrected chi connectivity index (χ4v) is 1.29. The number of nitrogens with zero attached hydrogens (tertiary/aromatic N) is 3. The van der Waals surface area contributed by atoms with Crippen molar-refractivity contribution in [2.24, 2.45) is 0 Å². The molecule has 0 atom stereocenters. The normalized spacial score (nSPS) is 11.6. The fraction of sp³-hybridized carbons (Fsp3) is 0.833. The Morgan fingerprint density at radius 1 is 1.18 bits per heavy atom. The summed E-state index contributed by atoms with van der Waals surface area (Å²) in [4.78, 5) is 0. The van der Waals surface area contributed by atoms with E-state index in [0.29, 0.717) is 25.7 Å². The van der Waals surface area contributed by atoms with Gasteiger partial charge in [-0.2, -0.15) is 0 Å². The van der Waals surface area contributed by atoms with Gasteiger partial charge in [-0.15, -0.1) is 5.10 Å². The standard InChI is InChI=1S/C12H23N3O2/c1-10(2)12-9-15(14-13-12)5-6-16-7-8-17-11(3)4/h9-11H,5-8H2,1-4H3. The molecule has 0 aliphatic heterocycles. The van der Waals surface area contributed by atoms with Crippen molar-refractivity contribution in [3.63, 3.8) is 0 Å². The summed E-state index contributed by atoms with van der Waals surface area (Å²) in [6.07, 6.45) is 2.24. The monoisotopic (exact) mass is 241 g/mol. The van der Waals surface area contributed by atoms with E-state index in [1.165, 1.54) is 0 Å². The van der Waals surface area contributed by atoms with Crippen LogP contribution in [0.2, 0.25) is 0 Å². The summed E-state index contributed by atoms with van der Waals surface area (Å²) in [5, 5.41) is 8.13. The van der Waals surface area contributed by atoms with Crippen LogP contribution in [0.5, 0.6) is 0 Å². The third-order valence-corrected chi connectivity index (χ3v) is 2.29. The summed E-state index contributed by atoms with van der Waals surface area (Å²) < 4.78 is 12.6. The predicted octanol–water partition coefficient (Wildman–Crippen LogP) is 1.84. The second-order valence-electron chi connectivity index (χ2n) is 4.59. The topological polar surface area (TPSA) is 49.2 Å². The lowest BCUT2D eigenvalue weighted by Crippen LogP contribution is -2.12. The Kier molecular flexibility index (Phi) is 6.15. The molecule has 1 heterocycles. The average molecular weight is 241 g/mol. The van der Waals surface area contributed by atoms with Gasteiger partial charge in [-0.25, -0.2) is 4.68 Å². The molecule has 0 saturated carbocycles. The Morgan fingerprint density at radius 3 is 2.53 bits per heavy atom. The van der Waals surface area contributed by atoms with Crippen molar-refractivity contribution >= 4 is 0 Å². The summed E-state index contributed by atoms with van der Waals surface area (Å²) in [6, 6.07) is 0. The highest BCUT2D eigenvalue weighted by molar-refractivity contribution is 4.97. The molecule has 98 valence electrons. The van der Waals surface area contributed by atoms with Crippen molar-refractivity contribution in [3.8, 4) is 0 Å². The smallest absolute Gasteiger partial charge is 0.0852 e. The van der Waals surface area contributed by atoms with Gasteiger partial charge in [0.1, 0.15) is 0 Å². The Balaban J connectivity index is 2.09. The van der Waals surface area contributed by atoms with Crippen molar-refractivity contribution in [2.45, 2.75) is 46.3 Å². The van der Waals surface area contributed by atoms with E-state index in [4.69, 9.17) is 9.47 Å². The Morgan fingerprint density at radius 2 is 1.94 bits per heavy atom. The SMILES string of the molecule is CC(C)OCCOCCn1cc(C(C)C)nn1. The van der Waals surface area contributed by atoms with Crippen molar-refractivity contribution in [1.82, 2.24) is 15.0 Å². The van der Waals surface area contributed by atoms with Crippen LogP contribution in [0.25, 0.3) is 0 Å². The van der Waals surface area contributed by atoms with Gasteiger partial charge >= 0.3 is 0 Å². The number of ether oxygens (including phenoxy) is 2. The lowest BCUT2D eigenvalue weighted by molar-refractivity contribution is 0.0170. The fourth-order valence-electron chi connectivity index (χ4n) is 1.29. The first-order valence-electron chi connectivity index (χ1n) is 6.19. The molecule has 0 amide bonds. The molecule has 1 rings (SSSR count). The minimum Gasteiger partial charge on any atom is -0.377 e. The van der Waals surface area contributed by atoms with Gasteiger partial charge in [-0.3, -0.25) is 0 Å². The van der Waals surface area contributed by atoms with Crippen molar-refractivity contribution < 1.29 is 9.47 Å². The van der Waals surface area contributed by atoms with E-state index in [-0.39, 0.29) is 6.10 Å². The molecule has 0 N–H and O–H groups in total. The van der Waals surface area contributed by atoms with Gasteiger partial charge in [-0.1, -0.05) is 19.1 Å². The van der Waals surface area contributed by atoms with Crippen LogP contribution in [-0.2, 0) is 16.0 Å². The van der Waals surface area contributed by atoms with Crippen LogP contribution in [0.1, 0.15) is 39.3 Å². The van der Waals surface area contributed by atoms with Crippen molar-refractivity contribution in [2.75, 3.05) is 19.8 Å². The average Bonchev–Trinajstić information content (AvgIpc) is 2.71. The molecule has 17 heavy (non-hydrogen) atoms. The molecule has 1 aromatic heterocycles. The zero-order valence-electron chi connectivity index (χ0n) is 11.2. The zero-order chi connectivity index (χ0) is 12.7. The van der Waals surface area contributed by atoms with Crippen LogP contribution >= 0.6 is 0 Å². The van der Waals surface area contributed by atoms with Crippen LogP contribution in [0.3, 0.4) is 0 Å². The number of hydrogen-bond acceptors (Lipinski definition) is 4. The highest BCUT2D eigenvalue weighted by Crippen LogP contribution is 2.08. The number of hydrogen-bond donors (Lipinski definition) is 0. The van der Waals surface area contributed by atoms with Gasteiger partial charge in [0.05, 0.1) is 38.2 Å². The van der Waals surface area contributed by atoms with E-state index in [9.17, 15) is 0 Å². The molecule has 0 spiro atoms. The Hall–Kier alpha value is -0.940. The molecule has 5 nitrogen and oxygen atoms in total. The maximum atomic E-state index is 5.44. The van der Waals surface area contributed by atoms with E-state index < -0.39 is 0 Å². The first-order chi connectivity index (χ1) is 8.09. The second kappa shape index (κ2) is 7.40. The van der Waals surface area contributed by atoms with E-state index >= 15 is 0 Å². The van der Waals surface area contributed by atoms with E-state index in [1.807, 2.05) is 24.7 Å². The lowest BCUT2D eigenvalue weighted by atomic mass is 10.2. The highest BCUT2D eigenvalue weighted by Gasteiger charge is 2.04. The minimum absolute atomic E-state index is 0.266. The molecule has 0 unspecified atom stereocenters. The van der Waals surface area contributed by atoms with Crippen LogP contribution in [0.4, 0.5) is 0 Å². The maximum Gasteiger partial charge on any atom is 0.0852 e. The summed E-state index contributed by atoms with van der Waals surface area (Å²) in [5.41, 5.74) is 1.02. The van der Waals surface area contributed by atoms with Gasteiger partial charge in [0.2, 0.25) is 0 Å². The van der Waals surface area contributed by atoms with Gasteiger partial charge in [0, 0.05) is 6.20 Å². The maximum absolute atomic E-state index is 5.44. The number of rotatable bonds is 8. The quantitative estimate of drug-likeness (QED) is 0.652. The van der Waals surface area contributed by atoms with Gasteiger partial charge in [0.25, 0.3) is 0 Å². The third kappa shape index (κ3) is 5.79. The molecule has 0 aliphatic rings. The van der Waals surface area contributed by atoms with E-state index in [2.05, 4.69) is 24.2 Å².